The van der Waals surface area contributed by atoms with Crippen molar-refractivity contribution in [3.05, 3.63) is 106 Å². The van der Waals surface area contributed by atoms with Crippen LogP contribution in [0.4, 0.5) is 5.69 Å². The number of fused-ring (bicyclic) bond motifs is 1. The predicted molar refractivity (Wildman–Crippen MR) is 165 cm³/mol. The van der Waals surface area contributed by atoms with Crippen molar-refractivity contribution in [2.45, 2.75) is 38.3 Å². The van der Waals surface area contributed by atoms with E-state index in [2.05, 4.69) is 17.5 Å². The Kier molecular flexibility index (Phi) is 8.53. The molecule has 7 nitrogen and oxygen atoms in total. The van der Waals surface area contributed by atoms with Gasteiger partial charge < -0.3 is 19.7 Å². The van der Waals surface area contributed by atoms with Gasteiger partial charge in [0.2, 0.25) is 18.6 Å². The number of nitrogens with one attached hydrogen (secondary N) is 1. The monoisotopic (exact) mass is 599 g/mol. The summed E-state index contributed by atoms with van der Waals surface area (Å²) in [5.74, 6) is 0.829. The minimum atomic E-state index is -0.695. The summed E-state index contributed by atoms with van der Waals surface area (Å²) in [5, 5.41) is 6.46. The van der Waals surface area contributed by atoms with Gasteiger partial charge in [0.15, 0.2) is 11.5 Å². The normalized spacial score (nSPS) is 16.2. The highest BCUT2D eigenvalue weighted by atomic mass is 35.5. The standard InChI is InChI=1S/C33H30ClN3O4S/c34-25-13-11-23(12-14-25)27-20-42-30(36-27)19-37(31(38)17-22-7-3-1-4-8-22)32(24-9-5-2-6-10-24)33(39)35-26-15-16-28-29(18-26)41-21-40-28/h1-5,7-8,11-16,18,20,24,32H,6,9-10,17,19,21H2,(H,35,39). The number of anilines is 1. The number of thiazole rings is 1. The maximum atomic E-state index is 14.1. The number of halogens is 1. The summed E-state index contributed by atoms with van der Waals surface area (Å²) >= 11 is 7.56. The molecular weight excluding hydrogens is 570 g/mol. The van der Waals surface area contributed by atoms with Crippen molar-refractivity contribution in [3.8, 4) is 22.8 Å². The molecule has 2 amide bonds. The quantitative estimate of drug-likeness (QED) is 0.207. The van der Waals surface area contributed by atoms with Crippen LogP contribution in [0.5, 0.6) is 11.5 Å². The van der Waals surface area contributed by atoms with Crippen molar-refractivity contribution >= 4 is 40.4 Å². The first-order valence-corrected chi connectivity index (χ1v) is 15.2. The van der Waals surface area contributed by atoms with E-state index in [0.717, 1.165) is 34.7 Å². The molecule has 3 aromatic carbocycles. The maximum Gasteiger partial charge on any atom is 0.247 e. The number of hydrogen-bond acceptors (Lipinski definition) is 6. The van der Waals surface area contributed by atoms with Crippen molar-refractivity contribution in [1.82, 2.24) is 9.88 Å². The van der Waals surface area contributed by atoms with E-state index in [9.17, 15) is 9.59 Å². The Morgan fingerprint density at radius 1 is 1.02 bits per heavy atom. The van der Waals surface area contributed by atoms with Gasteiger partial charge in [-0.25, -0.2) is 4.98 Å². The van der Waals surface area contributed by atoms with Gasteiger partial charge in [0.05, 0.1) is 18.7 Å². The Balaban J connectivity index is 1.32. The fourth-order valence-electron chi connectivity index (χ4n) is 5.40. The van der Waals surface area contributed by atoms with Crippen molar-refractivity contribution in [3.63, 3.8) is 0 Å². The molecule has 0 spiro atoms. The number of ether oxygens (including phenoxy) is 2. The van der Waals surface area contributed by atoms with E-state index in [1.54, 1.807) is 23.1 Å². The van der Waals surface area contributed by atoms with E-state index in [4.69, 9.17) is 26.1 Å². The van der Waals surface area contributed by atoms with E-state index in [-0.39, 0.29) is 37.5 Å². The van der Waals surface area contributed by atoms with E-state index in [1.165, 1.54) is 11.3 Å². The van der Waals surface area contributed by atoms with Gasteiger partial charge in [0.1, 0.15) is 11.0 Å². The van der Waals surface area contributed by atoms with Gasteiger partial charge in [-0.05, 0) is 55.0 Å². The summed E-state index contributed by atoms with van der Waals surface area (Å²) in [7, 11) is 0. The second-order valence-corrected chi connectivity index (χ2v) is 11.7. The van der Waals surface area contributed by atoms with Crippen LogP contribution in [-0.2, 0) is 22.6 Å². The zero-order valence-electron chi connectivity index (χ0n) is 22.9. The molecule has 2 heterocycles. The SMILES string of the molecule is O=C(Nc1ccc2c(c1)OCO2)C(C1CC=CCC1)N(Cc1nc(-c2ccc(Cl)cc2)cs1)C(=O)Cc1ccccc1. The molecule has 0 saturated carbocycles. The van der Waals surface area contributed by atoms with E-state index in [1.807, 2.05) is 60.0 Å². The fraction of sp³-hybridized carbons (Fsp3) is 0.242. The summed E-state index contributed by atoms with van der Waals surface area (Å²) in [6.07, 6.45) is 6.81. The maximum absolute atomic E-state index is 14.1. The van der Waals surface area contributed by atoms with Crippen LogP contribution >= 0.6 is 22.9 Å². The molecule has 9 heteroatoms. The molecule has 1 N–H and O–H groups in total. The van der Waals surface area contributed by atoms with Crippen molar-refractivity contribution in [1.29, 1.82) is 0 Å². The first-order valence-electron chi connectivity index (χ1n) is 13.9. The van der Waals surface area contributed by atoms with Gasteiger partial charge in [-0.3, -0.25) is 9.59 Å². The summed E-state index contributed by atoms with van der Waals surface area (Å²) in [6, 6.07) is 21.8. The summed E-state index contributed by atoms with van der Waals surface area (Å²) in [6.45, 7) is 0.376. The Labute approximate surface area is 253 Å². The van der Waals surface area contributed by atoms with Crippen LogP contribution < -0.4 is 14.8 Å². The molecule has 2 atom stereocenters. The van der Waals surface area contributed by atoms with Crippen LogP contribution in [-0.4, -0.2) is 34.5 Å². The molecule has 214 valence electrons. The van der Waals surface area contributed by atoms with Gasteiger partial charge in [-0.2, -0.15) is 0 Å². The molecule has 0 radical (unpaired) electrons. The molecule has 1 aromatic heterocycles. The summed E-state index contributed by atoms with van der Waals surface area (Å²) < 4.78 is 10.9. The van der Waals surface area contributed by atoms with Gasteiger partial charge in [-0.15, -0.1) is 11.3 Å². The molecule has 2 aliphatic rings. The van der Waals surface area contributed by atoms with Gasteiger partial charge >= 0.3 is 0 Å². The predicted octanol–water partition coefficient (Wildman–Crippen LogP) is 7.13. The lowest BCUT2D eigenvalue weighted by atomic mass is 9.85. The number of benzene rings is 3. The van der Waals surface area contributed by atoms with E-state index < -0.39 is 6.04 Å². The lowest BCUT2D eigenvalue weighted by Gasteiger charge is -2.36. The third-order valence-electron chi connectivity index (χ3n) is 7.52. The molecule has 42 heavy (non-hydrogen) atoms. The average molecular weight is 600 g/mol. The average Bonchev–Trinajstić information content (AvgIpc) is 3.68. The molecule has 0 saturated heterocycles. The highest BCUT2D eigenvalue weighted by Crippen LogP contribution is 2.35. The molecule has 1 aliphatic heterocycles. The third kappa shape index (κ3) is 6.50. The molecule has 0 bridgehead atoms. The van der Waals surface area contributed by atoms with Gasteiger partial charge in [0.25, 0.3) is 0 Å². The number of carbonyl (C=O) groups is 2. The lowest BCUT2D eigenvalue weighted by molar-refractivity contribution is -0.141. The van der Waals surface area contributed by atoms with Crippen LogP contribution in [0.1, 0.15) is 29.8 Å². The number of hydrogen-bond donors (Lipinski definition) is 1. The number of allylic oxidation sites excluding steroid dienone is 2. The molecule has 6 rings (SSSR count). The molecule has 1 aliphatic carbocycles. The lowest BCUT2D eigenvalue weighted by Crippen LogP contribution is -2.51. The van der Waals surface area contributed by atoms with E-state index >= 15 is 0 Å². The first kappa shape index (κ1) is 28.0. The Morgan fingerprint density at radius 2 is 1.83 bits per heavy atom. The second-order valence-electron chi connectivity index (χ2n) is 10.4. The topological polar surface area (TPSA) is 80.8 Å². The zero-order valence-corrected chi connectivity index (χ0v) is 24.4. The second kappa shape index (κ2) is 12.8. The number of carbonyl (C=O) groups excluding carboxylic acids is 2. The Hall–Kier alpha value is -4.14. The summed E-state index contributed by atoms with van der Waals surface area (Å²) in [4.78, 5) is 34.8. The van der Waals surface area contributed by atoms with Crippen molar-refractivity contribution in [2.75, 3.05) is 12.1 Å². The summed E-state index contributed by atoms with van der Waals surface area (Å²) in [5.41, 5.74) is 3.24. The fourth-order valence-corrected chi connectivity index (χ4v) is 6.33. The highest BCUT2D eigenvalue weighted by molar-refractivity contribution is 7.09. The van der Waals surface area contributed by atoms with Crippen LogP contribution in [0, 0.1) is 5.92 Å². The minimum absolute atomic E-state index is 0.0422. The molecule has 0 fully saturated rings. The van der Waals surface area contributed by atoms with Crippen molar-refractivity contribution < 1.29 is 19.1 Å². The largest absolute Gasteiger partial charge is 0.454 e. The van der Waals surface area contributed by atoms with Crippen molar-refractivity contribution in [2.24, 2.45) is 5.92 Å². The van der Waals surface area contributed by atoms with Gasteiger partial charge in [0, 0.05) is 27.7 Å². The smallest absolute Gasteiger partial charge is 0.247 e. The van der Waals surface area contributed by atoms with Crippen LogP contribution in [0.3, 0.4) is 0 Å². The number of nitrogens with zero attached hydrogens (tertiary/aromatic N) is 2. The minimum Gasteiger partial charge on any atom is -0.454 e. The number of amides is 2. The van der Waals surface area contributed by atoms with Crippen LogP contribution in [0.15, 0.2) is 90.3 Å². The highest BCUT2D eigenvalue weighted by Gasteiger charge is 2.37. The van der Waals surface area contributed by atoms with Crippen LogP contribution in [0.2, 0.25) is 5.02 Å². The Bertz CT molecular complexity index is 1590. The number of rotatable bonds is 9. The third-order valence-corrected chi connectivity index (χ3v) is 8.60. The Morgan fingerprint density at radius 3 is 2.62 bits per heavy atom. The van der Waals surface area contributed by atoms with Crippen LogP contribution in [0.25, 0.3) is 11.3 Å². The first-order chi connectivity index (χ1) is 20.5. The van der Waals surface area contributed by atoms with E-state index in [0.29, 0.717) is 28.6 Å². The molecular formula is C33H30ClN3O4S. The number of aromatic nitrogens is 1. The molecule has 4 aromatic rings. The molecule has 2 unspecified atom stereocenters. The van der Waals surface area contributed by atoms with Gasteiger partial charge in [-0.1, -0.05) is 66.2 Å². The zero-order chi connectivity index (χ0) is 28.9.